The van der Waals surface area contributed by atoms with E-state index in [-0.39, 0.29) is 0 Å². The van der Waals surface area contributed by atoms with Crippen LogP contribution < -0.4 is 10.6 Å². The normalized spacial score (nSPS) is 44.6. The summed E-state index contributed by atoms with van der Waals surface area (Å²) in [6.45, 7) is -0.566. The SMILES string of the molecule is O=C1NC(=O)[C@]2(N1)O[C@H](CO)[C@H](O)[C@@H]2O. The zero-order valence-electron chi connectivity index (χ0n) is 7.51. The van der Waals surface area contributed by atoms with Crippen molar-refractivity contribution >= 4 is 11.9 Å². The number of nitrogens with one attached hydrogen (secondary N) is 2. The molecule has 8 heteroatoms. The lowest BCUT2D eigenvalue weighted by molar-refractivity contribution is -0.153. The third-order valence-corrected chi connectivity index (χ3v) is 2.50. The Kier molecular flexibility index (Phi) is 2.15. The molecule has 2 fully saturated rings. The molecule has 0 unspecified atom stereocenters. The summed E-state index contributed by atoms with van der Waals surface area (Å²) in [5.74, 6) is -0.880. The first kappa shape index (κ1) is 10.3. The smallest absolute Gasteiger partial charge is 0.324 e. The highest BCUT2D eigenvalue weighted by atomic mass is 16.6. The maximum absolute atomic E-state index is 11.4. The summed E-state index contributed by atoms with van der Waals surface area (Å²) in [6, 6.07) is -0.815. The number of imide groups is 1. The van der Waals surface area contributed by atoms with Crippen LogP contribution in [0.15, 0.2) is 0 Å². The molecule has 2 aliphatic heterocycles. The molecule has 15 heavy (non-hydrogen) atoms. The summed E-state index contributed by atoms with van der Waals surface area (Å²) in [5, 5.41) is 31.8. The van der Waals surface area contributed by atoms with Gasteiger partial charge >= 0.3 is 6.03 Å². The molecule has 0 aromatic carbocycles. The second-order valence-corrected chi connectivity index (χ2v) is 3.42. The molecule has 3 amide bonds. The van der Waals surface area contributed by atoms with Crippen LogP contribution in [0.5, 0.6) is 0 Å². The lowest BCUT2D eigenvalue weighted by Crippen LogP contribution is -2.56. The Labute approximate surface area is 83.8 Å². The van der Waals surface area contributed by atoms with Gasteiger partial charge in [0.15, 0.2) is 0 Å². The molecule has 0 bridgehead atoms. The van der Waals surface area contributed by atoms with Crippen molar-refractivity contribution in [2.45, 2.75) is 24.0 Å². The molecular weight excluding hydrogens is 208 g/mol. The Morgan fingerprint density at radius 2 is 2.07 bits per heavy atom. The lowest BCUT2D eigenvalue weighted by Gasteiger charge is -2.22. The van der Waals surface area contributed by atoms with Gasteiger partial charge in [0.05, 0.1) is 6.61 Å². The van der Waals surface area contributed by atoms with Crippen LogP contribution in [0.1, 0.15) is 0 Å². The van der Waals surface area contributed by atoms with Crippen LogP contribution in [0.25, 0.3) is 0 Å². The van der Waals surface area contributed by atoms with Gasteiger partial charge < -0.3 is 20.1 Å². The molecule has 0 aromatic heterocycles. The zero-order chi connectivity index (χ0) is 11.2. The molecule has 84 valence electrons. The minimum Gasteiger partial charge on any atom is -0.394 e. The van der Waals surface area contributed by atoms with Crippen LogP contribution in [-0.4, -0.2) is 57.9 Å². The van der Waals surface area contributed by atoms with Crippen molar-refractivity contribution in [3.8, 4) is 0 Å². The van der Waals surface area contributed by atoms with Gasteiger partial charge in [-0.05, 0) is 0 Å². The Morgan fingerprint density at radius 3 is 2.47 bits per heavy atom. The second kappa shape index (κ2) is 3.14. The molecule has 4 atom stereocenters. The van der Waals surface area contributed by atoms with Gasteiger partial charge in [0.1, 0.15) is 18.3 Å². The van der Waals surface area contributed by atoms with E-state index in [2.05, 4.69) is 5.32 Å². The maximum atomic E-state index is 11.4. The fourth-order valence-corrected chi connectivity index (χ4v) is 1.71. The molecule has 2 aliphatic rings. The van der Waals surface area contributed by atoms with E-state index in [1.54, 1.807) is 0 Å². The third kappa shape index (κ3) is 1.23. The molecule has 2 rings (SSSR count). The minimum absolute atomic E-state index is 0.566. The maximum Gasteiger partial charge on any atom is 0.324 e. The number of aliphatic hydroxyl groups excluding tert-OH is 3. The van der Waals surface area contributed by atoms with Gasteiger partial charge in [0.2, 0.25) is 0 Å². The monoisotopic (exact) mass is 218 g/mol. The summed E-state index contributed by atoms with van der Waals surface area (Å²) < 4.78 is 4.97. The molecule has 2 heterocycles. The van der Waals surface area contributed by atoms with E-state index in [1.807, 2.05) is 5.32 Å². The zero-order valence-corrected chi connectivity index (χ0v) is 7.51. The number of amides is 3. The van der Waals surface area contributed by atoms with Crippen LogP contribution in [0, 0.1) is 0 Å². The minimum atomic E-state index is -1.98. The number of urea groups is 1. The molecule has 0 aromatic rings. The number of hydrogen-bond acceptors (Lipinski definition) is 6. The predicted molar refractivity (Wildman–Crippen MR) is 43.4 cm³/mol. The average Bonchev–Trinajstić information content (AvgIpc) is 2.60. The number of hydrogen-bond donors (Lipinski definition) is 5. The highest BCUT2D eigenvalue weighted by molar-refractivity contribution is 6.06. The second-order valence-electron chi connectivity index (χ2n) is 3.42. The van der Waals surface area contributed by atoms with Crippen LogP contribution in [0.2, 0.25) is 0 Å². The van der Waals surface area contributed by atoms with Crippen LogP contribution in [0.3, 0.4) is 0 Å². The Hall–Kier alpha value is -1.22. The van der Waals surface area contributed by atoms with Crippen molar-refractivity contribution in [3.63, 3.8) is 0 Å². The number of aliphatic hydroxyl groups is 3. The van der Waals surface area contributed by atoms with E-state index in [0.29, 0.717) is 0 Å². The van der Waals surface area contributed by atoms with E-state index in [1.165, 1.54) is 0 Å². The van der Waals surface area contributed by atoms with Gasteiger partial charge in [-0.2, -0.15) is 0 Å². The summed E-state index contributed by atoms with van der Waals surface area (Å²) in [4.78, 5) is 22.2. The standard InChI is InChI=1S/C7H10N2O6/c10-1-2-3(11)4(12)7(15-2)5(13)8-6(14)9-7/h2-4,10-12H,1H2,(H2,8,9,13,14)/t2-,3+,4+,7-/m1/s1. The molecule has 5 N–H and O–H groups in total. The van der Waals surface area contributed by atoms with Crippen molar-refractivity contribution in [2.75, 3.05) is 6.61 Å². The fraction of sp³-hybridized carbons (Fsp3) is 0.714. The van der Waals surface area contributed by atoms with Crippen LogP contribution in [-0.2, 0) is 9.53 Å². The van der Waals surface area contributed by atoms with Crippen molar-refractivity contribution in [3.05, 3.63) is 0 Å². The molecule has 0 saturated carbocycles. The molecule has 2 saturated heterocycles. The predicted octanol–water partition coefficient (Wildman–Crippen LogP) is -3.36. The fourth-order valence-electron chi connectivity index (χ4n) is 1.71. The van der Waals surface area contributed by atoms with Gasteiger partial charge in [0.25, 0.3) is 11.6 Å². The van der Waals surface area contributed by atoms with Crippen LogP contribution in [0.4, 0.5) is 4.79 Å². The topological polar surface area (TPSA) is 128 Å². The van der Waals surface area contributed by atoms with Gasteiger partial charge in [-0.1, -0.05) is 0 Å². The number of carbonyl (C=O) groups is 2. The molecule has 0 radical (unpaired) electrons. The van der Waals surface area contributed by atoms with Crippen molar-refractivity contribution in [1.29, 1.82) is 0 Å². The molecular formula is C7H10N2O6. The van der Waals surface area contributed by atoms with Crippen molar-refractivity contribution in [1.82, 2.24) is 10.6 Å². The van der Waals surface area contributed by atoms with Gasteiger partial charge in [-0.15, -0.1) is 0 Å². The summed E-state index contributed by atoms with van der Waals surface area (Å²) >= 11 is 0. The highest BCUT2D eigenvalue weighted by Crippen LogP contribution is 2.31. The molecule has 1 spiro atoms. The first-order valence-electron chi connectivity index (χ1n) is 4.29. The summed E-state index contributed by atoms with van der Waals surface area (Å²) in [6.07, 6.45) is -4.15. The number of ether oxygens (including phenoxy) is 1. The summed E-state index contributed by atoms with van der Waals surface area (Å²) in [7, 11) is 0. The van der Waals surface area contributed by atoms with Crippen molar-refractivity contribution in [2.24, 2.45) is 0 Å². The Balaban J connectivity index is 2.30. The first-order valence-corrected chi connectivity index (χ1v) is 4.29. The first-order chi connectivity index (χ1) is 7.01. The van der Waals surface area contributed by atoms with E-state index in [4.69, 9.17) is 9.84 Å². The lowest BCUT2D eigenvalue weighted by atomic mass is 10.0. The number of rotatable bonds is 1. The van der Waals surface area contributed by atoms with Gasteiger partial charge in [0, 0.05) is 0 Å². The average molecular weight is 218 g/mol. The van der Waals surface area contributed by atoms with Gasteiger partial charge in [-0.25, -0.2) is 4.79 Å². The number of carbonyl (C=O) groups excluding carboxylic acids is 2. The Bertz CT molecular complexity index is 321. The molecule has 0 aliphatic carbocycles. The van der Waals surface area contributed by atoms with E-state index >= 15 is 0 Å². The summed E-state index contributed by atoms with van der Waals surface area (Å²) in [5.41, 5.74) is -1.98. The van der Waals surface area contributed by atoms with E-state index in [0.717, 1.165) is 0 Å². The third-order valence-electron chi connectivity index (χ3n) is 2.50. The van der Waals surface area contributed by atoms with E-state index < -0.39 is 42.6 Å². The largest absolute Gasteiger partial charge is 0.394 e. The van der Waals surface area contributed by atoms with Crippen LogP contribution >= 0.6 is 0 Å². The quantitative estimate of drug-likeness (QED) is 0.292. The van der Waals surface area contributed by atoms with Gasteiger partial charge in [-0.3, -0.25) is 15.4 Å². The Morgan fingerprint density at radius 1 is 1.40 bits per heavy atom. The van der Waals surface area contributed by atoms with Crippen molar-refractivity contribution < 1.29 is 29.6 Å². The highest BCUT2D eigenvalue weighted by Gasteiger charge is 2.63. The molecule has 8 nitrogen and oxygen atoms in total. The van der Waals surface area contributed by atoms with E-state index in [9.17, 15) is 19.8 Å².